The van der Waals surface area contributed by atoms with E-state index >= 15 is 0 Å². The van der Waals surface area contributed by atoms with Crippen molar-refractivity contribution in [1.82, 2.24) is 8.01 Å². The Hall–Kier alpha value is -0.330. The molecule has 15 heavy (non-hydrogen) atoms. The monoisotopic (exact) mass is 317 g/mol. The predicted molar refractivity (Wildman–Crippen MR) is 71.7 cm³/mol. The van der Waals surface area contributed by atoms with Gasteiger partial charge in [0, 0.05) is 61.3 Å². The first-order valence-electron chi connectivity index (χ1n) is 5.21. The first kappa shape index (κ1) is 11.2. The molecule has 1 saturated heterocycles. The van der Waals surface area contributed by atoms with Crippen molar-refractivity contribution in [3.05, 3.63) is 29.8 Å². The molecule has 1 aliphatic rings. The van der Waals surface area contributed by atoms with Crippen LogP contribution in [0.25, 0.3) is 0 Å². The molecule has 1 aromatic carbocycles. The summed E-state index contributed by atoms with van der Waals surface area (Å²) in [6.45, 7) is 5.64. The zero-order valence-corrected chi connectivity index (χ0v) is 10.9. The molecular weight excluding hydrogens is 301 g/mol. The summed E-state index contributed by atoms with van der Waals surface area (Å²) in [5.41, 5.74) is 7.94. The Bertz CT molecular complexity index is 321. The summed E-state index contributed by atoms with van der Waals surface area (Å²) in [5, 5.41) is 0. The summed E-state index contributed by atoms with van der Waals surface area (Å²) < 4.78 is 2.34. The van der Waals surface area contributed by atoms with E-state index in [0.717, 1.165) is 38.4 Å². The summed E-state index contributed by atoms with van der Waals surface area (Å²) in [5.74, 6) is 0. The van der Waals surface area contributed by atoms with Crippen LogP contribution in [0.4, 0.5) is 5.69 Å². The minimum Gasteiger partial charge on any atom is -0.399 e. The predicted octanol–water partition coefficient (Wildman–Crippen LogP) is 1.74. The lowest BCUT2D eigenvalue weighted by atomic mass is 10.2. The summed E-state index contributed by atoms with van der Waals surface area (Å²) in [6, 6.07) is 8.18. The average Bonchev–Trinajstić information content (AvgIpc) is 2.22. The Morgan fingerprint density at radius 1 is 1.20 bits per heavy atom. The van der Waals surface area contributed by atoms with Crippen molar-refractivity contribution >= 4 is 28.6 Å². The van der Waals surface area contributed by atoms with Crippen LogP contribution < -0.4 is 5.73 Å². The molecule has 4 heteroatoms. The van der Waals surface area contributed by atoms with E-state index in [2.05, 4.69) is 43.0 Å². The third-order valence-electron chi connectivity index (χ3n) is 2.67. The molecule has 2 rings (SSSR count). The van der Waals surface area contributed by atoms with Crippen molar-refractivity contribution in [1.29, 1.82) is 0 Å². The number of nitrogens with zero attached hydrogens (tertiary/aromatic N) is 2. The SMILES string of the molecule is Nc1cccc(CN2CCN(I)CC2)c1. The molecule has 1 fully saturated rings. The molecule has 1 aromatic rings. The molecule has 0 atom stereocenters. The van der Waals surface area contributed by atoms with Crippen LogP contribution in [0.5, 0.6) is 0 Å². The van der Waals surface area contributed by atoms with Crippen molar-refractivity contribution in [2.75, 3.05) is 31.9 Å². The third-order valence-corrected chi connectivity index (χ3v) is 3.64. The molecule has 0 bridgehead atoms. The highest BCUT2D eigenvalue weighted by molar-refractivity contribution is 14.1. The number of hydrogen-bond acceptors (Lipinski definition) is 3. The Labute approximate surface area is 105 Å². The fourth-order valence-corrected chi connectivity index (χ4v) is 2.26. The first-order valence-corrected chi connectivity index (χ1v) is 6.18. The van der Waals surface area contributed by atoms with Crippen LogP contribution in [0.15, 0.2) is 24.3 Å². The highest BCUT2D eigenvalue weighted by Gasteiger charge is 2.14. The number of hydrogen-bond donors (Lipinski definition) is 1. The quantitative estimate of drug-likeness (QED) is 0.512. The maximum Gasteiger partial charge on any atom is 0.0317 e. The van der Waals surface area contributed by atoms with Gasteiger partial charge in [-0.1, -0.05) is 12.1 Å². The smallest absolute Gasteiger partial charge is 0.0317 e. The van der Waals surface area contributed by atoms with Gasteiger partial charge in [-0.25, -0.2) is 3.11 Å². The second-order valence-corrected chi connectivity index (χ2v) is 5.30. The zero-order chi connectivity index (χ0) is 10.7. The van der Waals surface area contributed by atoms with Crippen LogP contribution in [0.2, 0.25) is 0 Å². The van der Waals surface area contributed by atoms with Gasteiger partial charge in [0.05, 0.1) is 0 Å². The van der Waals surface area contributed by atoms with E-state index in [1.54, 1.807) is 0 Å². The minimum absolute atomic E-state index is 0.861. The molecule has 0 saturated carbocycles. The Balaban J connectivity index is 1.92. The standard InChI is InChI=1S/C11H16IN3/c12-15-6-4-14(5-7-15)9-10-2-1-3-11(13)8-10/h1-3,8H,4-7,9,13H2. The summed E-state index contributed by atoms with van der Waals surface area (Å²) in [6.07, 6.45) is 0. The number of benzene rings is 1. The third kappa shape index (κ3) is 3.32. The van der Waals surface area contributed by atoms with Gasteiger partial charge in [0.1, 0.15) is 0 Å². The highest BCUT2D eigenvalue weighted by atomic mass is 127. The molecule has 0 aliphatic carbocycles. The number of nitrogen functional groups attached to an aromatic ring is 1. The molecular formula is C11H16IN3. The number of piperazine rings is 1. The van der Waals surface area contributed by atoms with Crippen LogP contribution >= 0.6 is 22.9 Å². The molecule has 0 spiro atoms. The van der Waals surface area contributed by atoms with Gasteiger partial charge in [0.15, 0.2) is 0 Å². The second-order valence-electron chi connectivity index (χ2n) is 3.93. The molecule has 1 aliphatic heterocycles. The number of halogens is 1. The molecule has 0 radical (unpaired) electrons. The Morgan fingerprint density at radius 2 is 1.93 bits per heavy atom. The second kappa shape index (κ2) is 5.14. The maximum atomic E-state index is 5.76. The molecule has 82 valence electrons. The van der Waals surface area contributed by atoms with Crippen LogP contribution in [-0.2, 0) is 6.54 Å². The van der Waals surface area contributed by atoms with Gasteiger partial charge >= 0.3 is 0 Å². The van der Waals surface area contributed by atoms with Gasteiger partial charge in [0.25, 0.3) is 0 Å². The van der Waals surface area contributed by atoms with Crippen molar-refractivity contribution in [2.45, 2.75) is 6.54 Å². The fourth-order valence-electron chi connectivity index (χ4n) is 1.83. The Kier molecular flexibility index (Phi) is 3.82. The van der Waals surface area contributed by atoms with Crippen LogP contribution in [0, 0.1) is 0 Å². The summed E-state index contributed by atoms with van der Waals surface area (Å²) in [7, 11) is 0. The van der Waals surface area contributed by atoms with E-state index < -0.39 is 0 Å². The summed E-state index contributed by atoms with van der Waals surface area (Å²) >= 11 is 2.39. The van der Waals surface area contributed by atoms with E-state index in [1.807, 2.05) is 12.1 Å². The maximum absolute atomic E-state index is 5.76. The molecule has 0 aromatic heterocycles. The molecule has 0 amide bonds. The fraction of sp³-hybridized carbons (Fsp3) is 0.455. The lowest BCUT2D eigenvalue weighted by molar-refractivity contribution is 0.198. The highest BCUT2D eigenvalue weighted by Crippen LogP contribution is 2.12. The number of anilines is 1. The number of rotatable bonds is 2. The Morgan fingerprint density at radius 3 is 2.60 bits per heavy atom. The molecule has 3 nitrogen and oxygen atoms in total. The topological polar surface area (TPSA) is 32.5 Å². The van der Waals surface area contributed by atoms with Gasteiger partial charge in [-0.3, -0.25) is 4.90 Å². The van der Waals surface area contributed by atoms with Crippen molar-refractivity contribution in [2.24, 2.45) is 0 Å². The zero-order valence-electron chi connectivity index (χ0n) is 8.69. The average molecular weight is 317 g/mol. The molecule has 1 heterocycles. The minimum atomic E-state index is 0.861. The van der Waals surface area contributed by atoms with Gasteiger partial charge < -0.3 is 5.73 Å². The van der Waals surface area contributed by atoms with E-state index in [-0.39, 0.29) is 0 Å². The largest absolute Gasteiger partial charge is 0.399 e. The van der Waals surface area contributed by atoms with E-state index in [1.165, 1.54) is 5.56 Å². The van der Waals surface area contributed by atoms with Gasteiger partial charge in [-0.15, -0.1) is 0 Å². The molecule has 0 unspecified atom stereocenters. The van der Waals surface area contributed by atoms with Crippen LogP contribution in [0.1, 0.15) is 5.56 Å². The van der Waals surface area contributed by atoms with Crippen LogP contribution in [-0.4, -0.2) is 34.2 Å². The van der Waals surface area contributed by atoms with E-state index in [0.29, 0.717) is 0 Å². The lowest BCUT2D eigenvalue weighted by Crippen LogP contribution is -2.41. The van der Waals surface area contributed by atoms with Gasteiger partial charge in [-0.2, -0.15) is 0 Å². The molecule has 2 N–H and O–H groups in total. The van der Waals surface area contributed by atoms with Gasteiger partial charge in [-0.05, 0) is 17.7 Å². The summed E-state index contributed by atoms with van der Waals surface area (Å²) in [4.78, 5) is 2.48. The van der Waals surface area contributed by atoms with E-state index in [9.17, 15) is 0 Å². The van der Waals surface area contributed by atoms with E-state index in [4.69, 9.17) is 5.73 Å². The van der Waals surface area contributed by atoms with Gasteiger partial charge in [0.2, 0.25) is 0 Å². The van der Waals surface area contributed by atoms with Crippen LogP contribution in [0.3, 0.4) is 0 Å². The van der Waals surface area contributed by atoms with Crippen molar-refractivity contribution < 1.29 is 0 Å². The first-order chi connectivity index (χ1) is 7.24. The van der Waals surface area contributed by atoms with Crippen molar-refractivity contribution in [3.63, 3.8) is 0 Å². The normalized spacial score (nSPS) is 19.3. The lowest BCUT2D eigenvalue weighted by Gasteiger charge is -2.31. The van der Waals surface area contributed by atoms with Crippen molar-refractivity contribution in [3.8, 4) is 0 Å². The number of nitrogens with two attached hydrogens (primary N) is 1.